The monoisotopic (exact) mass is 316 g/mol. The highest BCUT2D eigenvalue weighted by molar-refractivity contribution is 7.19. The second kappa shape index (κ2) is 5.78. The summed E-state index contributed by atoms with van der Waals surface area (Å²) in [5.74, 6) is 1.16. The molecular formula is C17H24N4S. The maximum atomic E-state index is 4.68. The van der Waals surface area contributed by atoms with Crippen molar-refractivity contribution in [3.05, 3.63) is 16.8 Å². The number of hydrogen-bond donors (Lipinski definition) is 1. The minimum absolute atomic E-state index is 0.611. The third kappa shape index (κ3) is 2.31. The van der Waals surface area contributed by atoms with Crippen molar-refractivity contribution in [2.45, 2.75) is 57.0 Å². The van der Waals surface area contributed by atoms with Crippen molar-refractivity contribution in [2.24, 2.45) is 0 Å². The second-order valence-corrected chi connectivity index (χ2v) is 7.72. The molecule has 2 heterocycles. The molecule has 0 atom stereocenters. The summed E-state index contributed by atoms with van der Waals surface area (Å²) >= 11 is 1.88. The van der Waals surface area contributed by atoms with Crippen LogP contribution in [-0.4, -0.2) is 36.1 Å². The van der Waals surface area contributed by atoms with Gasteiger partial charge < -0.3 is 10.2 Å². The van der Waals surface area contributed by atoms with E-state index in [-0.39, 0.29) is 0 Å². The van der Waals surface area contributed by atoms with Crippen LogP contribution in [0.5, 0.6) is 0 Å². The average molecular weight is 316 g/mol. The number of rotatable bonds is 3. The molecule has 0 radical (unpaired) electrons. The van der Waals surface area contributed by atoms with E-state index in [1.54, 1.807) is 11.2 Å². The van der Waals surface area contributed by atoms with Crippen LogP contribution in [0.4, 0.5) is 5.82 Å². The lowest BCUT2D eigenvalue weighted by Crippen LogP contribution is -2.40. The quantitative estimate of drug-likeness (QED) is 0.944. The number of nitrogens with one attached hydrogen (secondary N) is 1. The Morgan fingerprint density at radius 1 is 1.18 bits per heavy atom. The first-order chi connectivity index (χ1) is 10.8. The summed E-state index contributed by atoms with van der Waals surface area (Å²) in [5, 5.41) is 4.77. The van der Waals surface area contributed by atoms with Gasteiger partial charge in [0.1, 0.15) is 17.0 Å². The highest BCUT2D eigenvalue weighted by atomic mass is 32.1. The molecule has 1 saturated carbocycles. The van der Waals surface area contributed by atoms with E-state index in [0.717, 1.165) is 5.82 Å². The Bertz CT molecular complexity index is 673. The lowest BCUT2D eigenvalue weighted by atomic mass is 9.90. The first-order valence-corrected chi connectivity index (χ1v) is 9.25. The smallest absolute Gasteiger partial charge is 0.141 e. The molecule has 2 aromatic heterocycles. The highest BCUT2D eigenvalue weighted by Crippen LogP contribution is 2.40. The molecule has 4 nitrogen and oxygen atoms in total. The first kappa shape index (κ1) is 14.4. The van der Waals surface area contributed by atoms with Crippen LogP contribution in [0.1, 0.15) is 42.5 Å². The van der Waals surface area contributed by atoms with E-state index in [0.29, 0.717) is 12.1 Å². The third-order valence-corrected chi connectivity index (χ3v) is 6.67. The van der Waals surface area contributed by atoms with E-state index < -0.39 is 0 Å². The summed E-state index contributed by atoms with van der Waals surface area (Å²) in [4.78, 5) is 14.4. The second-order valence-electron chi connectivity index (χ2n) is 6.64. The van der Waals surface area contributed by atoms with E-state index in [1.165, 1.54) is 60.7 Å². The van der Waals surface area contributed by atoms with E-state index in [9.17, 15) is 0 Å². The molecule has 2 aromatic rings. The van der Waals surface area contributed by atoms with Crippen LogP contribution in [0.2, 0.25) is 0 Å². The zero-order chi connectivity index (χ0) is 15.1. The number of thiophene rings is 1. The molecule has 2 aliphatic carbocycles. The third-order valence-electron chi connectivity index (χ3n) is 5.47. The fraction of sp³-hybridized carbons (Fsp3) is 0.647. The summed E-state index contributed by atoms with van der Waals surface area (Å²) < 4.78 is 0. The van der Waals surface area contributed by atoms with Crippen LogP contribution in [0.3, 0.4) is 0 Å². The van der Waals surface area contributed by atoms with Crippen LogP contribution in [-0.2, 0) is 12.8 Å². The predicted octanol–water partition coefficient (Wildman–Crippen LogP) is 3.15. The highest BCUT2D eigenvalue weighted by Gasteiger charge is 2.27. The number of aryl methyl sites for hydroxylation is 2. The molecule has 0 spiro atoms. The molecule has 0 aliphatic heterocycles. The van der Waals surface area contributed by atoms with Crippen molar-refractivity contribution in [1.29, 1.82) is 0 Å². The minimum atomic E-state index is 0.611. The maximum Gasteiger partial charge on any atom is 0.141 e. The van der Waals surface area contributed by atoms with Crippen molar-refractivity contribution < 1.29 is 0 Å². The lowest BCUT2D eigenvalue weighted by molar-refractivity contribution is 0.351. The van der Waals surface area contributed by atoms with Crippen molar-refractivity contribution >= 4 is 27.4 Å². The Hall–Kier alpha value is -1.20. The lowest BCUT2D eigenvalue weighted by Gasteiger charge is -2.35. The number of aromatic nitrogens is 2. The zero-order valence-corrected chi connectivity index (χ0v) is 14.2. The largest absolute Gasteiger partial charge is 0.356 e. The Labute approximate surface area is 136 Å². The fourth-order valence-electron chi connectivity index (χ4n) is 4.10. The van der Waals surface area contributed by atoms with Gasteiger partial charge in [-0.25, -0.2) is 9.97 Å². The van der Waals surface area contributed by atoms with E-state index in [4.69, 9.17) is 0 Å². The maximum absolute atomic E-state index is 4.68. The molecule has 4 rings (SSSR count). The zero-order valence-electron chi connectivity index (χ0n) is 13.4. The van der Waals surface area contributed by atoms with Gasteiger partial charge in [0.05, 0.1) is 5.39 Å². The molecule has 0 amide bonds. The predicted molar refractivity (Wildman–Crippen MR) is 92.9 cm³/mol. The van der Waals surface area contributed by atoms with Crippen molar-refractivity contribution in [1.82, 2.24) is 15.3 Å². The van der Waals surface area contributed by atoms with Gasteiger partial charge in [-0.05, 0) is 57.6 Å². The van der Waals surface area contributed by atoms with Gasteiger partial charge in [-0.1, -0.05) is 0 Å². The van der Waals surface area contributed by atoms with Crippen molar-refractivity contribution in [3.63, 3.8) is 0 Å². The average Bonchev–Trinajstić information content (AvgIpc) is 3.14. The Kier molecular flexibility index (Phi) is 3.78. The van der Waals surface area contributed by atoms with Crippen molar-refractivity contribution in [2.75, 3.05) is 19.0 Å². The molecule has 1 fully saturated rings. The standard InChI is InChI=1S/C17H24N4S/c1-18-11-6-8-12(9-7-11)21(2)16-15-13-4-3-5-14(13)22-17(15)20-10-19-16/h10-12,18H,3-9H2,1-2H3/t11-,12-. The van der Waals surface area contributed by atoms with Crippen LogP contribution in [0.25, 0.3) is 10.2 Å². The molecule has 2 aliphatic rings. The molecule has 118 valence electrons. The summed E-state index contributed by atoms with van der Waals surface area (Å²) in [6.07, 6.45) is 10.5. The number of anilines is 1. The molecule has 5 heteroatoms. The van der Waals surface area contributed by atoms with Gasteiger partial charge in [0.2, 0.25) is 0 Å². The summed E-state index contributed by atoms with van der Waals surface area (Å²) in [5.41, 5.74) is 1.53. The normalized spacial score (nSPS) is 24.6. The van der Waals surface area contributed by atoms with Gasteiger partial charge in [-0.15, -0.1) is 11.3 Å². The van der Waals surface area contributed by atoms with E-state index in [2.05, 4.69) is 34.3 Å². The topological polar surface area (TPSA) is 41.0 Å². The van der Waals surface area contributed by atoms with E-state index in [1.807, 2.05) is 11.3 Å². The van der Waals surface area contributed by atoms with Gasteiger partial charge in [0.25, 0.3) is 0 Å². The van der Waals surface area contributed by atoms with Gasteiger partial charge in [0, 0.05) is 24.0 Å². The Morgan fingerprint density at radius 2 is 2.00 bits per heavy atom. The molecule has 1 N–H and O–H groups in total. The summed E-state index contributed by atoms with van der Waals surface area (Å²) in [7, 11) is 4.31. The molecule has 0 unspecified atom stereocenters. The molecule has 22 heavy (non-hydrogen) atoms. The van der Waals surface area contributed by atoms with Gasteiger partial charge in [0.15, 0.2) is 0 Å². The van der Waals surface area contributed by atoms with Gasteiger partial charge in [-0.3, -0.25) is 0 Å². The van der Waals surface area contributed by atoms with Crippen LogP contribution in [0, 0.1) is 0 Å². The van der Waals surface area contributed by atoms with Crippen LogP contribution < -0.4 is 10.2 Å². The molecule has 0 saturated heterocycles. The Balaban J connectivity index is 1.66. The number of fused-ring (bicyclic) bond motifs is 3. The van der Waals surface area contributed by atoms with Crippen LogP contribution >= 0.6 is 11.3 Å². The van der Waals surface area contributed by atoms with Crippen molar-refractivity contribution in [3.8, 4) is 0 Å². The Morgan fingerprint density at radius 3 is 2.77 bits per heavy atom. The van der Waals surface area contributed by atoms with E-state index >= 15 is 0 Å². The summed E-state index contributed by atoms with van der Waals surface area (Å²) in [6.45, 7) is 0. The minimum Gasteiger partial charge on any atom is -0.356 e. The number of hydrogen-bond acceptors (Lipinski definition) is 5. The molecule has 0 bridgehead atoms. The van der Waals surface area contributed by atoms with Crippen LogP contribution in [0.15, 0.2) is 6.33 Å². The fourth-order valence-corrected chi connectivity index (χ4v) is 5.33. The SMILES string of the molecule is CN[C@H]1CC[C@H](N(C)c2ncnc3sc4c(c23)CCC4)CC1. The van der Waals surface area contributed by atoms with Gasteiger partial charge >= 0.3 is 0 Å². The number of nitrogens with zero attached hydrogens (tertiary/aromatic N) is 3. The first-order valence-electron chi connectivity index (χ1n) is 8.43. The van der Waals surface area contributed by atoms with Gasteiger partial charge in [-0.2, -0.15) is 0 Å². The summed E-state index contributed by atoms with van der Waals surface area (Å²) in [6, 6.07) is 1.31. The molecule has 0 aromatic carbocycles. The molecular weight excluding hydrogens is 292 g/mol.